The highest BCUT2D eigenvalue weighted by molar-refractivity contribution is 7.17. The van der Waals surface area contributed by atoms with E-state index < -0.39 is 6.03 Å². The molecule has 1 aliphatic heterocycles. The summed E-state index contributed by atoms with van der Waals surface area (Å²) >= 11 is 1.15. The van der Waals surface area contributed by atoms with Crippen molar-refractivity contribution in [1.82, 2.24) is 30.2 Å². The van der Waals surface area contributed by atoms with Gasteiger partial charge in [0.1, 0.15) is 5.75 Å². The fourth-order valence-corrected chi connectivity index (χ4v) is 6.52. The third-order valence-corrected chi connectivity index (χ3v) is 9.13. The first kappa shape index (κ1) is 34.6. The van der Waals surface area contributed by atoms with Gasteiger partial charge in [0.2, 0.25) is 11.0 Å². The highest BCUT2D eigenvalue weighted by Crippen LogP contribution is 2.34. The molecule has 6 rings (SSSR count). The molecule has 1 saturated heterocycles. The third-order valence-electron chi connectivity index (χ3n) is 8.34. The number of likely N-dealkylation sites (tertiary alicyclic amines) is 1. The Labute approximate surface area is 293 Å². The second-order valence-corrected chi connectivity index (χ2v) is 13.3. The van der Waals surface area contributed by atoms with E-state index in [1.807, 2.05) is 24.3 Å². The number of benzene rings is 3. The summed E-state index contributed by atoms with van der Waals surface area (Å²) in [7, 11) is 4.94. The van der Waals surface area contributed by atoms with Gasteiger partial charge in [-0.25, -0.2) is 14.8 Å². The van der Waals surface area contributed by atoms with Crippen molar-refractivity contribution in [2.24, 2.45) is 0 Å². The Balaban J connectivity index is 1.12. The summed E-state index contributed by atoms with van der Waals surface area (Å²) in [6.07, 6.45) is 5.07. The number of amides is 4. The molecule has 5 aromatic rings. The van der Waals surface area contributed by atoms with Gasteiger partial charge in [-0.2, -0.15) is 0 Å². The van der Waals surface area contributed by atoms with Crippen molar-refractivity contribution in [1.29, 1.82) is 0 Å². The number of thiazole rings is 1. The highest BCUT2D eigenvalue weighted by Gasteiger charge is 2.20. The second kappa shape index (κ2) is 15.5. The normalized spacial score (nSPS) is 13.7. The summed E-state index contributed by atoms with van der Waals surface area (Å²) in [6.45, 7) is 2.56. The topological polar surface area (TPSA) is 153 Å². The lowest BCUT2D eigenvalue weighted by Crippen LogP contribution is -2.39. The van der Waals surface area contributed by atoms with Crippen LogP contribution in [0.3, 0.4) is 0 Å². The lowest BCUT2D eigenvalue weighted by atomic mass is 10.1. The van der Waals surface area contributed by atoms with E-state index in [9.17, 15) is 19.5 Å². The Morgan fingerprint density at radius 2 is 1.76 bits per heavy atom. The van der Waals surface area contributed by atoms with Crippen molar-refractivity contribution in [3.8, 4) is 16.5 Å². The van der Waals surface area contributed by atoms with Crippen LogP contribution < -0.4 is 26.1 Å². The van der Waals surface area contributed by atoms with Crippen molar-refractivity contribution in [2.75, 3.05) is 44.9 Å². The number of hydrogen-bond donors (Lipinski definition) is 5. The van der Waals surface area contributed by atoms with Crippen LogP contribution in [0.5, 0.6) is 10.8 Å². The van der Waals surface area contributed by atoms with Gasteiger partial charge in [0.25, 0.3) is 5.91 Å². The SMILES string of the molecule is CNC(=O)Cc1cc(NC(=O)NN(C)C)ccc1Oc1cnc(NC(=O)c2ccc(-n3cc(CN4CCC(O)CC4)c4ccccc43)cc2)s1. The number of hydrazine groups is 1. The smallest absolute Gasteiger partial charge is 0.333 e. The molecule has 0 spiro atoms. The molecule has 3 aromatic carbocycles. The lowest BCUT2D eigenvalue weighted by Gasteiger charge is -2.29. The molecule has 3 heterocycles. The van der Waals surface area contributed by atoms with Crippen LogP contribution in [0.25, 0.3) is 16.6 Å². The second-order valence-electron chi connectivity index (χ2n) is 12.3. The Hall–Kier alpha value is -5.28. The first-order chi connectivity index (χ1) is 24.1. The van der Waals surface area contributed by atoms with Gasteiger partial charge in [0.15, 0.2) is 5.13 Å². The summed E-state index contributed by atoms with van der Waals surface area (Å²) in [5.74, 6) is -0.119. The molecule has 0 radical (unpaired) electrons. The summed E-state index contributed by atoms with van der Waals surface area (Å²) < 4.78 is 8.22. The van der Waals surface area contributed by atoms with Crippen LogP contribution in [0, 0.1) is 0 Å². The Morgan fingerprint density at radius 1 is 1.00 bits per heavy atom. The minimum atomic E-state index is -0.426. The zero-order valence-corrected chi connectivity index (χ0v) is 28.9. The van der Waals surface area contributed by atoms with Crippen LogP contribution in [0.4, 0.5) is 15.6 Å². The van der Waals surface area contributed by atoms with E-state index in [0.717, 1.165) is 55.0 Å². The third kappa shape index (κ3) is 8.47. The molecule has 0 aliphatic carbocycles. The molecule has 4 amide bonds. The number of nitrogens with zero attached hydrogens (tertiary/aromatic N) is 4. The maximum Gasteiger partial charge on any atom is 0.333 e. The van der Waals surface area contributed by atoms with Gasteiger partial charge in [-0.05, 0) is 66.9 Å². The maximum atomic E-state index is 13.2. The summed E-state index contributed by atoms with van der Waals surface area (Å²) in [5, 5.41) is 21.5. The average molecular weight is 697 g/mol. The summed E-state index contributed by atoms with van der Waals surface area (Å²) in [5.41, 5.74) is 7.37. The van der Waals surface area contributed by atoms with Gasteiger partial charge in [0.05, 0.1) is 24.2 Å². The molecule has 0 saturated carbocycles. The maximum absolute atomic E-state index is 13.2. The Kier molecular flexibility index (Phi) is 10.7. The van der Waals surface area contributed by atoms with Gasteiger partial charge in [-0.1, -0.05) is 29.5 Å². The van der Waals surface area contributed by atoms with Gasteiger partial charge < -0.3 is 25.0 Å². The van der Waals surface area contributed by atoms with E-state index in [1.54, 1.807) is 51.5 Å². The molecule has 50 heavy (non-hydrogen) atoms. The number of aliphatic hydroxyl groups is 1. The number of piperidine rings is 1. The number of anilines is 2. The average Bonchev–Trinajstić information content (AvgIpc) is 3.70. The van der Waals surface area contributed by atoms with E-state index >= 15 is 0 Å². The monoisotopic (exact) mass is 696 g/mol. The predicted molar refractivity (Wildman–Crippen MR) is 194 cm³/mol. The number of rotatable bonds is 11. The van der Waals surface area contributed by atoms with E-state index in [-0.39, 0.29) is 24.3 Å². The molecule has 0 bridgehead atoms. The van der Waals surface area contributed by atoms with E-state index in [2.05, 4.69) is 54.2 Å². The van der Waals surface area contributed by atoms with Crippen molar-refractivity contribution < 1.29 is 24.2 Å². The highest BCUT2D eigenvalue weighted by atomic mass is 32.1. The molecule has 0 atom stereocenters. The van der Waals surface area contributed by atoms with Crippen molar-refractivity contribution >= 4 is 50.9 Å². The number of urea groups is 1. The molecule has 2 aromatic heterocycles. The Morgan fingerprint density at radius 3 is 2.50 bits per heavy atom. The molecular formula is C36H40N8O5S. The molecule has 13 nitrogen and oxygen atoms in total. The first-order valence-electron chi connectivity index (χ1n) is 16.3. The quantitative estimate of drug-likeness (QED) is 0.121. The fraction of sp³-hybridized carbons (Fsp3) is 0.278. The van der Waals surface area contributed by atoms with Crippen LogP contribution in [0.2, 0.25) is 0 Å². The number of ether oxygens (including phenoxy) is 1. The van der Waals surface area contributed by atoms with Crippen molar-refractivity contribution in [2.45, 2.75) is 31.9 Å². The van der Waals surface area contributed by atoms with Crippen LogP contribution in [-0.2, 0) is 17.8 Å². The van der Waals surface area contributed by atoms with Gasteiger partial charge in [0, 0.05) is 74.9 Å². The van der Waals surface area contributed by atoms with Crippen LogP contribution in [0.1, 0.15) is 34.3 Å². The zero-order valence-electron chi connectivity index (χ0n) is 28.1. The number of nitrogens with one attached hydrogen (secondary N) is 4. The summed E-state index contributed by atoms with van der Waals surface area (Å²) in [4.78, 5) is 44.3. The van der Waals surface area contributed by atoms with Crippen LogP contribution in [-0.4, -0.2) is 82.7 Å². The number of hydrogen-bond acceptors (Lipinski definition) is 9. The predicted octanol–water partition coefficient (Wildman–Crippen LogP) is 4.97. The molecule has 5 N–H and O–H groups in total. The standard InChI is InChI=1S/C36H40N8O5S/c1-37-32(46)19-24-18-26(39-35(48)41-42(2)3)10-13-31(24)49-33-20-38-36(50-33)40-34(47)23-8-11-27(12-9-23)44-22-25(29-6-4-5-7-30(29)44)21-43-16-14-28(45)15-17-43/h4-13,18,20,22,28,45H,14-17,19,21H2,1-3H3,(H,37,46)(H,38,40,47)(H2,39,41,48). The molecule has 14 heteroatoms. The molecule has 1 aliphatic rings. The van der Waals surface area contributed by atoms with E-state index in [4.69, 9.17) is 4.74 Å². The first-order valence-corrected chi connectivity index (χ1v) is 17.1. The minimum Gasteiger partial charge on any atom is -0.445 e. The van der Waals surface area contributed by atoms with Gasteiger partial charge in [-0.15, -0.1) is 0 Å². The van der Waals surface area contributed by atoms with Crippen molar-refractivity contribution in [3.63, 3.8) is 0 Å². The number of carbonyl (C=O) groups is 3. The van der Waals surface area contributed by atoms with Gasteiger partial charge >= 0.3 is 6.03 Å². The number of aromatic nitrogens is 2. The summed E-state index contributed by atoms with van der Waals surface area (Å²) in [6, 6.07) is 20.3. The number of para-hydroxylation sites is 1. The number of likely N-dealkylation sites (N-methyl/N-ethyl adjacent to an activating group) is 1. The number of fused-ring (bicyclic) bond motifs is 1. The zero-order chi connectivity index (χ0) is 35.2. The molecular weight excluding hydrogens is 657 g/mol. The number of aliphatic hydroxyl groups excluding tert-OH is 1. The van der Waals surface area contributed by atoms with Crippen LogP contribution >= 0.6 is 11.3 Å². The van der Waals surface area contributed by atoms with Crippen LogP contribution in [0.15, 0.2) is 79.1 Å². The van der Waals surface area contributed by atoms with Gasteiger partial charge in [-0.3, -0.25) is 25.2 Å². The molecule has 0 unspecified atom stereocenters. The van der Waals surface area contributed by atoms with E-state index in [0.29, 0.717) is 32.8 Å². The molecule has 1 fully saturated rings. The molecule has 260 valence electrons. The fourth-order valence-electron chi connectivity index (χ4n) is 5.84. The number of carbonyl (C=O) groups excluding carboxylic acids is 3. The lowest BCUT2D eigenvalue weighted by molar-refractivity contribution is -0.119. The minimum absolute atomic E-state index is 0.0264. The van der Waals surface area contributed by atoms with Crippen molar-refractivity contribution in [3.05, 3.63) is 95.8 Å². The van der Waals surface area contributed by atoms with E-state index in [1.165, 1.54) is 22.2 Å². The largest absolute Gasteiger partial charge is 0.445 e. The Bertz CT molecular complexity index is 1980.